The van der Waals surface area contributed by atoms with E-state index in [1.807, 2.05) is 13.8 Å². The molecule has 2 aliphatic rings. The van der Waals surface area contributed by atoms with Crippen molar-refractivity contribution in [3.8, 4) is 0 Å². The number of carbonyl (C=O) groups is 1. The van der Waals surface area contributed by atoms with Crippen molar-refractivity contribution in [2.75, 3.05) is 32.8 Å². The molecule has 1 aliphatic carbocycles. The third kappa shape index (κ3) is 5.53. The zero-order valence-corrected chi connectivity index (χ0v) is 15.4. The molecule has 3 N–H and O–H groups in total. The highest BCUT2D eigenvalue weighted by atomic mass is 35.5. The van der Waals surface area contributed by atoms with Crippen LogP contribution in [-0.2, 0) is 9.53 Å². The number of nitrogens with one attached hydrogen (secondary N) is 1. The fraction of sp³-hybridized carbons (Fsp3) is 0.933. The Kier molecular flexibility index (Phi) is 9.25. The summed E-state index contributed by atoms with van der Waals surface area (Å²) in [5.41, 5.74) is 5.43. The fourth-order valence-electron chi connectivity index (χ4n) is 3.45. The van der Waals surface area contributed by atoms with Gasteiger partial charge in [-0.2, -0.15) is 0 Å². The average Bonchev–Trinajstić information content (AvgIpc) is 2.89. The number of hydrogen-bond acceptors (Lipinski definition) is 4. The number of hydrogen-bond donors (Lipinski definition) is 2. The molecule has 0 radical (unpaired) electrons. The van der Waals surface area contributed by atoms with Crippen LogP contribution in [0.25, 0.3) is 0 Å². The first-order valence-corrected chi connectivity index (χ1v) is 7.81. The van der Waals surface area contributed by atoms with Crippen molar-refractivity contribution in [3.05, 3.63) is 0 Å². The largest absolute Gasteiger partial charge is 0.379 e. The van der Waals surface area contributed by atoms with Gasteiger partial charge in [0.2, 0.25) is 5.91 Å². The van der Waals surface area contributed by atoms with E-state index >= 15 is 0 Å². The van der Waals surface area contributed by atoms with E-state index in [0.29, 0.717) is 13.0 Å². The molecule has 0 aromatic heterocycles. The minimum atomic E-state index is -0.318. The molecule has 1 saturated heterocycles. The number of halogens is 2. The maximum Gasteiger partial charge on any atom is 0.222 e. The number of nitrogens with zero attached hydrogens (tertiary/aromatic N) is 1. The van der Waals surface area contributed by atoms with Crippen molar-refractivity contribution in [2.24, 2.45) is 5.73 Å². The Balaban J connectivity index is 0.00000220. The predicted molar refractivity (Wildman–Crippen MR) is 94.0 cm³/mol. The van der Waals surface area contributed by atoms with Crippen LogP contribution in [0.15, 0.2) is 0 Å². The van der Waals surface area contributed by atoms with Crippen LogP contribution in [0.1, 0.15) is 46.0 Å². The van der Waals surface area contributed by atoms with Crippen molar-refractivity contribution >= 4 is 30.7 Å². The molecule has 0 atom stereocenters. The van der Waals surface area contributed by atoms with Crippen molar-refractivity contribution < 1.29 is 9.53 Å². The molecule has 1 aliphatic heterocycles. The van der Waals surface area contributed by atoms with Crippen LogP contribution in [0.5, 0.6) is 0 Å². The maximum atomic E-state index is 12.4. The van der Waals surface area contributed by atoms with E-state index in [-0.39, 0.29) is 41.8 Å². The first-order chi connectivity index (χ1) is 9.47. The number of ether oxygens (including phenoxy) is 1. The number of nitrogens with two attached hydrogens (primary N) is 1. The second-order valence-electron chi connectivity index (χ2n) is 6.84. The molecule has 0 aromatic rings. The molecule has 0 spiro atoms. The van der Waals surface area contributed by atoms with Crippen molar-refractivity contribution in [2.45, 2.75) is 57.0 Å². The molecule has 5 nitrogen and oxygen atoms in total. The monoisotopic (exact) mass is 355 g/mol. The van der Waals surface area contributed by atoms with Crippen LogP contribution in [0.4, 0.5) is 0 Å². The van der Waals surface area contributed by atoms with Crippen LogP contribution in [0, 0.1) is 0 Å². The molecule has 2 rings (SSSR count). The molecule has 0 aromatic carbocycles. The SMILES string of the molecule is CC(C)(CN)NC(=O)CC1(N2CCOCC2)CCCC1.Cl.Cl. The minimum absolute atomic E-state index is 0. The van der Waals surface area contributed by atoms with E-state index in [9.17, 15) is 4.79 Å². The van der Waals surface area contributed by atoms with Gasteiger partial charge in [0.25, 0.3) is 0 Å². The Bertz CT molecular complexity index is 342. The van der Waals surface area contributed by atoms with Gasteiger partial charge in [0.15, 0.2) is 0 Å². The second-order valence-corrected chi connectivity index (χ2v) is 6.84. The predicted octanol–water partition coefficient (Wildman–Crippen LogP) is 1.72. The van der Waals surface area contributed by atoms with Gasteiger partial charge < -0.3 is 15.8 Å². The lowest BCUT2D eigenvalue weighted by molar-refractivity contribution is -0.127. The topological polar surface area (TPSA) is 67.6 Å². The van der Waals surface area contributed by atoms with Gasteiger partial charge in [-0.25, -0.2) is 0 Å². The van der Waals surface area contributed by atoms with E-state index in [1.165, 1.54) is 12.8 Å². The summed E-state index contributed by atoms with van der Waals surface area (Å²) in [6, 6.07) is 0. The summed E-state index contributed by atoms with van der Waals surface area (Å²) in [7, 11) is 0. The summed E-state index contributed by atoms with van der Waals surface area (Å²) in [5.74, 6) is 0.133. The van der Waals surface area contributed by atoms with Crippen LogP contribution in [0.2, 0.25) is 0 Å². The summed E-state index contributed by atoms with van der Waals surface area (Å²) < 4.78 is 5.45. The summed E-state index contributed by atoms with van der Waals surface area (Å²) >= 11 is 0. The highest BCUT2D eigenvalue weighted by Gasteiger charge is 2.42. The summed E-state index contributed by atoms with van der Waals surface area (Å²) in [6.45, 7) is 7.89. The van der Waals surface area contributed by atoms with Gasteiger partial charge in [-0.1, -0.05) is 12.8 Å². The van der Waals surface area contributed by atoms with Crippen LogP contribution in [-0.4, -0.2) is 54.7 Å². The molecule has 7 heteroatoms. The normalized spacial score (nSPS) is 21.6. The molecule has 132 valence electrons. The molecule has 1 amide bonds. The average molecular weight is 356 g/mol. The molecule has 0 bridgehead atoms. The van der Waals surface area contributed by atoms with E-state index in [2.05, 4.69) is 10.2 Å². The van der Waals surface area contributed by atoms with Gasteiger partial charge in [-0.05, 0) is 26.7 Å². The Morgan fingerprint density at radius 3 is 2.27 bits per heavy atom. The zero-order valence-electron chi connectivity index (χ0n) is 13.7. The Morgan fingerprint density at radius 1 is 1.23 bits per heavy atom. The number of rotatable bonds is 5. The number of amides is 1. The van der Waals surface area contributed by atoms with Crippen LogP contribution < -0.4 is 11.1 Å². The van der Waals surface area contributed by atoms with Crippen LogP contribution in [0.3, 0.4) is 0 Å². The molecule has 0 unspecified atom stereocenters. The maximum absolute atomic E-state index is 12.4. The van der Waals surface area contributed by atoms with E-state index in [0.717, 1.165) is 39.1 Å². The lowest BCUT2D eigenvalue weighted by Crippen LogP contribution is -2.56. The zero-order chi connectivity index (χ0) is 14.6. The molecule has 1 heterocycles. The highest BCUT2D eigenvalue weighted by Crippen LogP contribution is 2.38. The Hall–Kier alpha value is -0.0700. The molecule has 22 heavy (non-hydrogen) atoms. The van der Waals surface area contributed by atoms with Gasteiger partial charge >= 0.3 is 0 Å². The number of morpholine rings is 1. The molecular weight excluding hydrogens is 325 g/mol. The smallest absolute Gasteiger partial charge is 0.222 e. The Morgan fingerprint density at radius 2 is 1.77 bits per heavy atom. The standard InChI is InChI=1S/C15H29N3O2.2ClH/c1-14(2,12-16)17-13(19)11-15(5-3-4-6-15)18-7-9-20-10-8-18;;/h3-12,16H2,1-2H3,(H,17,19);2*1H. The van der Waals surface area contributed by atoms with Gasteiger partial charge in [0.1, 0.15) is 0 Å². The summed E-state index contributed by atoms with van der Waals surface area (Å²) in [4.78, 5) is 14.9. The lowest BCUT2D eigenvalue weighted by atomic mass is 9.89. The third-order valence-electron chi connectivity index (χ3n) is 4.69. The Labute approximate surface area is 146 Å². The summed E-state index contributed by atoms with van der Waals surface area (Å²) in [6.07, 6.45) is 5.30. The first kappa shape index (κ1) is 21.9. The van der Waals surface area contributed by atoms with Crippen molar-refractivity contribution in [1.82, 2.24) is 10.2 Å². The fourth-order valence-corrected chi connectivity index (χ4v) is 3.45. The van der Waals surface area contributed by atoms with E-state index in [4.69, 9.17) is 10.5 Å². The first-order valence-electron chi connectivity index (χ1n) is 7.81. The van der Waals surface area contributed by atoms with Gasteiger partial charge in [0, 0.05) is 37.1 Å². The van der Waals surface area contributed by atoms with Gasteiger partial charge in [0.05, 0.1) is 13.2 Å². The van der Waals surface area contributed by atoms with Gasteiger partial charge in [-0.15, -0.1) is 24.8 Å². The molecular formula is C15H31Cl2N3O2. The lowest BCUT2D eigenvalue weighted by Gasteiger charge is -2.43. The number of carbonyl (C=O) groups excluding carboxylic acids is 1. The van der Waals surface area contributed by atoms with Crippen molar-refractivity contribution in [1.29, 1.82) is 0 Å². The third-order valence-corrected chi connectivity index (χ3v) is 4.69. The minimum Gasteiger partial charge on any atom is -0.379 e. The second kappa shape index (κ2) is 9.28. The quantitative estimate of drug-likeness (QED) is 0.787. The molecule has 2 fully saturated rings. The van der Waals surface area contributed by atoms with Crippen molar-refractivity contribution in [3.63, 3.8) is 0 Å². The summed E-state index contributed by atoms with van der Waals surface area (Å²) in [5, 5.41) is 3.07. The van der Waals surface area contributed by atoms with E-state index < -0.39 is 0 Å². The van der Waals surface area contributed by atoms with E-state index in [1.54, 1.807) is 0 Å². The van der Waals surface area contributed by atoms with Gasteiger partial charge in [-0.3, -0.25) is 9.69 Å². The van der Waals surface area contributed by atoms with Crippen LogP contribution >= 0.6 is 24.8 Å². The highest BCUT2D eigenvalue weighted by molar-refractivity contribution is 5.85. The molecule has 1 saturated carbocycles.